The zero-order chi connectivity index (χ0) is 15.4. The molecular formula is C17H20ClFN2. The predicted octanol–water partition coefficient (Wildman–Crippen LogP) is 3.92. The number of likely N-dealkylation sites (N-methyl/N-ethyl adjacent to an activating group) is 1. The van der Waals surface area contributed by atoms with Gasteiger partial charge in [0.15, 0.2) is 0 Å². The highest BCUT2D eigenvalue weighted by Gasteiger charge is 2.17. The molecule has 4 heteroatoms. The molecule has 2 nitrogen and oxygen atoms in total. The first-order valence-electron chi connectivity index (χ1n) is 6.91. The molecule has 0 aliphatic carbocycles. The Kier molecular flexibility index (Phi) is 5.34. The van der Waals surface area contributed by atoms with Gasteiger partial charge in [-0.15, -0.1) is 0 Å². The van der Waals surface area contributed by atoms with Crippen molar-refractivity contribution in [3.8, 4) is 0 Å². The maximum Gasteiger partial charge on any atom is 0.125 e. The summed E-state index contributed by atoms with van der Waals surface area (Å²) in [5, 5.41) is 0.396. The van der Waals surface area contributed by atoms with Crippen molar-refractivity contribution >= 4 is 11.6 Å². The maximum absolute atomic E-state index is 13.5. The molecular weight excluding hydrogens is 287 g/mol. The lowest BCUT2D eigenvalue weighted by Crippen LogP contribution is -2.30. The highest BCUT2D eigenvalue weighted by Crippen LogP contribution is 2.24. The first-order chi connectivity index (χ1) is 9.99. The Morgan fingerprint density at radius 3 is 2.62 bits per heavy atom. The molecule has 0 heterocycles. The molecule has 112 valence electrons. The molecule has 0 fully saturated rings. The zero-order valence-electron chi connectivity index (χ0n) is 12.3. The average molecular weight is 307 g/mol. The summed E-state index contributed by atoms with van der Waals surface area (Å²) in [5.41, 5.74) is 9.11. The van der Waals surface area contributed by atoms with Crippen LogP contribution in [0.1, 0.15) is 22.7 Å². The van der Waals surface area contributed by atoms with Crippen molar-refractivity contribution in [3.63, 3.8) is 0 Å². The number of nitrogens with two attached hydrogens (primary N) is 1. The fraction of sp³-hybridized carbons (Fsp3) is 0.294. The van der Waals surface area contributed by atoms with Gasteiger partial charge >= 0.3 is 0 Å². The summed E-state index contributed by atoms with van der Waals surface area (Å²) in [4.78, 5) is 2.11. The number of halogens is 2. The van der Waals surface area contributed by atoms with Gasteiger partial charge in [0, 0.05) is 24.2 Å². The molecule has 2 rings (SSSR count). The molecule has 21 heavy (non-hydrogen) atoms. The lowest BCUT2D eigenvalue weighted by molar-refractivity contribution is 0.241. The van der Waals surface area contributed by atoms with E-state index < -0.39 is 0 Å². The summed E-state index contributed by atoms with van der Waals surface area (Å²) in [6.45, 7) is 3.22. The fourth-order valence-electron chi connectivity index (χ4n) is 2.55. The van der Waals surface area contributed by atoms with Gasteiger partial charge in [-0.1, -0.05) is 41.4 Å². The molecule has 2 aromatic rings. The van der Waals surface area contributed by atoms with Crippen LogP contribution >= 0.6 is 11.6 Å². The van der Waals surface area contributed by atoms with Crippen LogP contribution in [-0.2, 0) is 6.54 Å². The number of benzene rings is 2. The van der Waals surface area contributed by atoms with Gasteiger partial charge in [0.2, 0.25) is 0 Å². The molecule has 0 spiro atoms. The normalized spacial score (nSPS) is 12.7. The minimum absolute atomic E-state index is 0.0706. The third-order valence-corrected chi connectivity index (χ3v) is 3.76. The smallest absolute Gasteiger partial charge is 0.125 e. The second-order valence-electron chi connectivity index (χ2n) is 5.36. The van der Waals surface area contributed by atoms with Gasteiger partial charge in [-0.3, -0.25) is 4.90 Å². The van der Waals surface area contributed by atoms with E-state index >= 15 is 0 Å². The molecule has 1 atom stereocenters. The Balaban J connectivity index is 2.20. The van der Waals surface area contributed by atoms with Gasteiger partial charge in [-0.2, -0.15) is 0 Å². The van der Waals surface area contributed by atoms with Crippen LogP contribution in [0.4, 0.5) is 4.39 Å². The molecule has 0 radical (unpaired) electrons. The Bertz CT molecular complexity index is 595. The van der Waals surface area contributed by atoms with E-state index in [0.29, 0.717) is 11.6 Å². The maximum atomic E-state index is 13.5. The van der Waals surface area contributed by atoms with Crippen LogP contribution in [0.15, 0.2) is 42.5 Å². The van der Waals surface area contributed by atoms with Crippen LogP contribution in [0.5, 0.6) is 0 Å². The van der Waals surface area contributed by atoms with E-state index in [4.69, 9.17) is 17.3 Å². The molecule has 0 aliphatic rings. The van der Waals surface area contributed by atoms with Crippen LogP contribution in [0.25, 0.3) is 0 Å². The lowest BCUT2D eigenvalue weighted by atomic mass is 10.0. The molecule has 2 aromatic carbocycles. The summed E-state index contributed by atoms with van der Waals surface area (Å²) in [6.07, 6.45) is 0. The Labute approximate surface area is 130 Å². The second kappa shape index (κ2) is 7.03. The minimum atomic E-state index is -0.333. The van der Waals surface area contributed by atoms with Gasteiger partial charge in [0.05, 0.1) is 0 Å². The van der Waals surface area contributed by atoms with E-state index in [1.54, 1.807) is 6.07 Å². The standard InChI is InChI=1S/C17H20ClFN2/c1-12-4-3-5-13(6-12)11-21(2)17(10-20)14-7-15(18)9-16(19)8-14/h3-9,17H,10-11,20H2,1-2H3. The van der Waals surface area contributed by atoms with E-state index in [1.807, 2.05) is 13.1 Å². The molecule has 0 saturated carbocycles. The van der Waals surface area contributed by atoms with E-state index in [-0.39, 0.29) is 11.9 Å². The van der Waals surface area contributed by atoms with Crippen molar-refractivity contribution in [2.75, 3.05) is 13.6 Å². The number of hydrogen-bond donors (Lipinski definition) is 1. The van der Waals surface area contributed by atoms with Gasteiger partial charge in [0.25, 0.3) is 0 Å². The van der Waals surface area contributed by atoms with Crippen molar-refractivity contribution in [3.05, 3.63) is 70.0 Å². The molecule has 0 aliphatic heterocycles. The molecule has 2 N–H and O–H groups in total. The SMILES string of the molecule is Cc1cccc(CN(C)C(CN)c2cc(F)cc(Cl)c2)c1. The van der Waals surface area contributed by atoms with Crippen molar-refractivity contribution in [2.45, 2.75) is 19.5 Å². The molecule has 0 amide bonds. The van der Waals surface area contributed by atoms with Crippen LogP contribution in [-0.4, -0.2) is 18.5 Å². The molecule has 0 aromatic heterocycles. The summed E-state index contributed by atoms with van der Waals surface area (Å²) in [5.74, 6) is -0.333. The Hall–Kier alpha value is -1.42. The minimum Gasteiger partial charge on any atom is -0.329 e. The number of aryl methyl sites for hydroxylation is 1. The third-order valence-electron chi connectivity index (χ3n) is 3.54. The highest BCUT2D eigenvalue weighted by molar-refractivity contribution is 6.30. The first-order valence-corrected chi connectivity index (χ1v) is 7.29. The first kappa shape index (κ1) is 16.0. The third kappa shape index (κ3) is 4.27. The van der Waals surface area contributed by atoms with E-state index in [2.05, 4.69) is 30.0 Å². The number of nitrogens with zero attached hydrogens (tertiary/aromatic N) is 1. The predicted molar refractivity (Wildman–Crippen MR) is 85.9 cm³/mol. The van der Waals surface area contributed by atoms with Gasteiger partial charge in [-0.05, 0) is 43.3 Å². The highest BCUT2D eigenvalue weighted by atomic mass is 35.5. The summed E-state index contributed by atoms with van der Waals surface area (Å²) >= 11 is 5.94. The van der Waals surface area contributed by atoms with E-state index in [1.165, 1.54) is 23.3 Å². The molecule has 0 saturated heterocycles. The van der Waals surface area contributed by atoms with Gasteiger partial charge in [0.1, 0.15) is 5.82 Å². The quantitative estimate of drug-likeness (QED) is 0.907. The topological polar surface area (TPSA) is 29.3 Å². The Morgan fingerprint density at radius 2 is 2.00 bits per heavy atom. The summed E-state index contributed by atoms with van der Waals surface area (Å²) < 4.78 is 13.5. The Morgan fingerprint density at radius 1 is 1.24 bits per heavy atom. The number of rotatable bonds is 5. The van der Waals surface area contributed by atoms with E-state index in [0.717, 1.165) is 12.1 Å². The fourth-order valence-corrected chi connectivity index (χ4v) is 2.78. The van der Waals surface area contributed by atoms with Gasteiger partial charge in [-0.25, -0.2) is 4.39 Å². The average Bonchev–Trinajstić information content (AvgIpc) is 2.38. The monoisotopic (exact) mass is 306 g/mol. The summed E-state index contributed by atoms with van der Waals surface area (Å²) in [6, 6.07) is 12.8. The molecule has 0 bridgehead atoms. The van der Waals surface area contributed by atoms with E-state index in [9.17, 15) is 4.39 Å². The molecule has 1 unspecified atom stereocenters. The largest absolute Gasteiger partial charge is 0.329 e. The van der Waals surface area contributed by atoms with Gasteiger partial charge < -0.3 is 5.73 Å². The number of hydrogen-bond acceptors (Lipinski definition) is 2. The lowest BCUT2D eigenvalue weighted by Gasteiger charge is -2.27. The van der Waals surface area contributed by atoms with Crippen molar-refractivity contribution < 1.29 is 4.39 Å². The second-order valence-corrected chi connectivity index (χ2v) is 5.79. The van der Waals surface area contributed by atoms with Crippen LogP contribution < -0.4 is 5.73 Å². The van der Waals surface area contributed by atoms with Crippen molar-refractivity contribution in [1.29, 1.82) is 0 Å². The van der Waals surface area contributed by atoms with Crippen molar-refractivity contribution in [2.24, 2.45) is 5.73 Å². The summed E-state index contributed by atoms with van der Waals surface area (Å²) in [7, 11) is 1.98. The van der Waals surface area contributed by atoms with Crippen molar-refractivity contribution in [1.82, 2.24) is 4.90 Å². The van der Waals surface area contributed by atoms with Crippen LogP contribution in [0.2, 0.25) is 5.02 Å². The van der Waals surface area contributed by atoms with Crippen LogP contribution in [0.3, 0.4) is 0 Å². The zero-order valence-corrected chi connectivity index (χ0v) is 13.1. The van der Waals surface area contributed by atoms with Crippen LogP contribution in [0, 0.1) is 12.7 Å².